The number of nitro benzene ring substituents is 1. The van der Waals surface area contributed by atoms with Crippen molar-refractivity contribution in [3.05, 3.63) is 153 Å². The maximum absolute atomic E-state index is 13.6. The smallest absolute Gasteiger partial charge is 0.417 e. The zero-order chi connectivity index (χ0) is 70.0. The number of carbonyl (C=O) groups excluding carboxylic acids is 4. The number of rotatable bonds is 19. The van der Waals surface area contributed by atoms with Gasteiger partial charge in [-0.15, -0.1) is 22.7 Å². The van der Waals surface area contributed by atoms with Crippen LogP contribution in [0.15, 0.2) is 132 Å². The fourth-order valence-corrected chi connectivity index (χ4v) is 15.8. The summed E-state index contributed by atoms with van der Waals surface area (Å²) in [5.74, 6) is 0.459. The highest BCUT2D eigenvalue weighted by atomic mass is 32.2. The number of benzene rings is 3. The van der Waals surface area contributed by atoms with E-state index >= 15 is 0 Å². The number of alkyl carbamates (subject to hydrolysis) is 2. The molecule has 3 aromatic carbocycles. The molecule has 0 bridgehead atoms. The van der Waals surface area contributed by atoms with E-state index in [1.807, 2.05) is 26.0 Å². The zero-order valence-electron chi connectivity index (χ0n) is 55.1. The lowest BCUT2D eigenvalue weighted by Gasteiger charge is -2.28. The summed E-state index contributed by atoms with van der Waals surface area (Å²) >= 11 is 2.87. The van der Waals surface area contributed by atoms with Gasteiger partial charge < -0.3 is 34.7 Å². The molecule has 2 saturated carbocycles. The molecular weight excluding hydrogens is 1320 g/mol. The second-order valence-corrected chi connectivity index (χ2v) is 30.7. The monoisotopic (exact) mass is 1400 g/mol. The molecule has 30 heteroatoms. The number of ether oxygens (including phenoxy) is 4. The van der Waals surface area contributed by atoms with Crippen LogP contribution in [-0.4, -0.2) is 107 Å². The highest BCUT2D eigenvalue weighted by molar-refractivity contribution is 7.90. The first-order valence-electron chi connectivity index (χ1n) is 31.1. The number of sulfonamides is 2. The van der Waals surface area contributed by atoms with Gasteiger partial charge in [0.2, 0.25) is 20.0 Å². The second kappa shape index (κ2) is 33.9. The number of amides is 4. The van der Waals surface area contributed by atoms with Crippen LogP contribution in [0.1, 0.15) is 154 Å². The van der Waals surface area contributed by atoms with E-state index in [4.69, 9.17) is 24.1 Å². The minimum Gasteiger partial charge on any atom is -0.447 e. The number of aliphatic hydroxyl groups is 1. The Morgan fingerprint density at radius 3 is 1.39 bits per heavy atom. The SMILES string of the molecule is CC(C)OC(=O)NC1CCC(c2ncc(-c3ccc(NC(=O)OCc4ccccn4)cc3S(=O)(=O)NC(C)(C)C)s2)CC1.CC(C)OC(=O)NC1CCC(c2ncc(-c3ccc(NC(=O)Oc4ccc([N+](=O)[O-])cc4)cc3S(=O)(=O)NC(C)(C)C)s2)CC1.OCc1ccccn1. The summed E-state index contributed by atoms with van der Waals surface area (Å²) in [7, 11) is -8.03. The highest BCUT2D eigenvalue weighted by Gasteiger charge is 2.32. The van der Waals surface area contributed by atoms with E-state index in [0.29, 0.717) is 32.3 Å². The van der Waals surface area contributed by atoms with Crippen LogP contribution >= 0.6 is 22.7 Å². The molecule has 0 atom stereocenters. The van der Waals surface area contributed by atoms with Crippen LogP contribution in [0.25, 0.3) is 20.9 Å². The molecule has 4 heterocycles. The number of carbonyl (C=O) groups is 4. The lowest BCUT2D eigenvalue weighted by molar-refractivity contribution is -0.384. The lowest BCUT2D eigenvalue weighted by atomic mass is 9.86. The number of aliphatic hydroxyl groups excluding tert-OH is 1. The van der Waals surface area contributed by atoms with Gasteiger partial charge in [-0.3, -0.25) is 30.7 Å². The zero-order valence-corrected chi connectivity index (χ0v) is 58.4. The lowest BCUT2D eigenvalue weighted by Crippen LogP contribution is -2.40. The quantitative estimate of drug-likeness (QED) is 0.0225. The number of anilines is 2. The molecule has 0 unspecified atom stereocenters. The summed E-state index contributed by atoms with van der Waals surface area (Å²) in [4.78, 5) is 77.9. The predicted octanol–water partition coefficient (Wildman–Crippen LogP) is 13.3. The Morgan fingerprint density at radius 2 is 1.01 bits per heavy atom. The van der Waals surface area contributed by atoms with E-state index in [9.17, 15) is 46.1 Å². The third-order valence-electron chi connectivity index (χ3n) is 14.2. The molecule has 516 valence electrons. The van der Waals surface area contributed by atoms with Crippen molar-refractivity contribution in [2.75, 3.05) is 10.6 Å². The molecule has 0 saturated heterocycles. The molecule has 2 aliphatic rings. The number of non-ortho nitro benzene ring substituents is 1. The van der Waals surface area contributed by atoms with Crippen molar-refractivity contribution in [2.24, 2.45) is 0 Å². The van der Waals surface area contributed by atoms with Crippen LogP contribution in [0.3, 0.4) is 0 Å². The third kappa shape index (κ3) is 23.7. The van der Waals surface area contributed by atoms with Crippen molar-refractivity contribution < 1.29 is 65.0 Å². The molecule has 2 aliphatic carbocycles. The Balaban J connectivity index is 0.000000242. The highest BCUT2D eigenvalue weighted by Crippen LogP contribution is 2.42. The maximum atomic E-state index is 13.6. The summed E-state index contributed by atoms with van der Waals surface area (Å²) in [6.07, 6.45) is 10.3. The summed E-state index contributed by atoms with van der Waals surface area (Å²) in [6.45, 7) is 17.7. The molecular formula is C66H83N11O15S4. The van der Waals surface area contributed by atoms with Gasteiger partial charge in [0.15, 0.2) is 0 Å². The summed E-state index contributed by atoms with van der Waals surface area (Å²) in [6, 6.07) is 25.1. The van der Waals surface area contributed by atoms with Crippen molar-refractivity contribution in [3.8, 4) is 26.6 Å². The Morgan fingerprint density at radius 1 is 0.583 bits per heavy atom. The van der Waals surface area contributed by atoms with Crippen LogP contribution in [0.5, 0.6) is 5.75 Å². The Bertz CT molecular complexity index is 3980. The van der Waals surface area contributed by atoms with Crippen molar-refractivity contribution >= 4 is 84.2 Å². The van der Waals surface area contributed by atoms with Gasteiger partial charge >= 0.3 is 24.4 Å². The Hall–Kier alpha value is -8.52. The van der Waals surface area contributed by atoms with Gasteiger partial charge in [0.25, 0.3) is 5.69 Å². The number of aromatic nitrogens is 4. The first-order chi connectivity index (χ1) is 45.3. The van der Waals surface area contributed by atoms with Crippen molar-refractivity contribution in [1.82, 2.24) is 40.0 Å². The fourth-order valence-electron chi connectivity index (χ4n) is 10.1. The van der Waals surface area contributed by atoms with Gasteiger partial charge in [-0.1, -0.05) is 24.3 Å². The normalized spacial score (nSPS) is 16.5. The van der Waals surface area contributed by atoms with Crippen molar-refractivity contribution in [2.45, 2.75) is 191 Å². The molecule has 26 nitrogen and oxygen atoms in total. The molecule has 0 radical (unpaired) electrons. The minimum absolute atomic E-state index is 0.0227. The topological polar surface area (TPSA) is 361 Å². The summed E-state index contributed by atoms with van der Waals surface area (Å²) < 4.78 is 80.5. The molecule has 9 rings (SSSR count). The van der Waals surface area contributed by atoms with E-state index in [1.54, 1.807) is 129 Å². The molecule has 7 aromatic rings. The van der Waals surface area contributed by atoms with Crippen LogP contribution in [0.2, 0.25) is 0 Å². The second-order valence-electron chi connectivity index (χ2n) is 25.3. The van der Waals surface area contributed by atoms with Crippen molar-refractivity contribution in [3.63, 3.8) is 0 Å². The van der Waals surface area contributed by atoms with E-state index < -0.39 is 60.4 Å². The molecule has 0 spiro atoms. The van der Waals surface area contributed by atoms with Gasteiger partial charge in [-0.2, -0.15) is 0 Å². The van der Waals surface area contributed by atoms with Gasteiger partial charge in [0.1, 0.15) is 12.4 Å². The first-order valence-corrected chi connectivity index (χ1v) is 35.7. The number of nitrogens with one attached hydrogen (secondary N) is 6. The van der Waals surface area contributed by atoms with Gasteiger partial charge in [0, 0.05) is 94.4 Å². The number of nitrogens with zero attached hydrogens (tertiary/aromatic N) is 5. The number of hydrogen-bond donors (Lipinski definition) is 7. The van der Waals surface area contributed by atoms with Gasteiger partial charge in [-0.25, -0.2) is 55.4 Å². The number of hydrogen-bond acceptors (Lipinski definition) is 21. The average molecular weight is 1400 g/mol. The van der Waals surface area contributed by atoms with E-state index in [1.165, 1.54) is 59.1 Å². The Kier molecular flexibility index (Phi) is 26.5. The van der Waals surface area contributed by atoms with Crippen LogP contribution in [0, 0.1) is 10.1 Å². The molecule has 7 N–H and O–H groups in total. The predicted molar refractivity (Wildman–Crippen MR) is 366 cm³/mol. The number of thiazole rings is 2. The fraction of sp³-hybridized carbons (Fsp3) is 0.424. The van der Waals surface area contributed by atoms with E-state index in [-0.39, 0.29) is 81.9 Å². The standard InChI is InChI=1S/C30H37N5O8S2.C30H39N5O6S2.C6H7NO/c1-18(2)42-28(36)32-20-8-6-19(7-9-20)27-31-17-25(44-27)24-15-10-21(16-26(24)45(40,41)34-30(3,4)5)33-29(37)43-23-13-11-22(12-14-23)35(38)39;1-19(2)41-29(37)33-21-11-9-20(10-12-21)27-32-17-25(42-27)24-14-13-22(16-26(24)43(38,39)35-30(3,4)5)34-28(36)40-18-23-8-6-7-15-31-23;8-5-6-3-1-2-4-7-6/h10-20,34H,6-9H2,1-5H3,(H,32,36)(H,33,37);6-8,13-17,19-21,35H,9-12,18H2,1-5H3,(H,33,37)(H,34,36);1-4,8H,5H2. The minimum atomic E-state index is -4.05. The van der Waals surface area contributed by atoms with E-state index in [0.717, 1.165) is 61.4 Å². The first kappa shape index (κ1) is 74.9. The van der Waals surface area contributed by atoms with E-state index in [2.05, 4.69) is 50.6 Å². The summed E-state index contributed by atoms with van der Waals surface area (Å²) in [5.41, 5.74) is 1.01. The van der Waals surface area contributed by atoms with Crippen LogP contribution in [0.4, 0.5) is 36.2 Å². The third-order valence-corrected chi connectivity index (χ3v) is 20.2. The molecule has 0 aliphatic heterocycles. The molecule has 4 aromatic heterocycles. The molecule has 4 amide bonds. The van der Waals surface area contributed by atoms with Gasteiger partial charge in [0.05, 0.1) is 64.7 Å². The molecule has 2 fully saturated rings. The number of nitro groups is 1. The molecule has 96 heavy (non-hydrogen) atoms. The summed E-state index contributed by atoms with van der Waals surface area (Å²) in [5, 5.41) is 32.2. The maximum Gasteiger partial charge on any atom is 0.417 e. The van der Waals surface area contributed by atoms with Gasteiger partial charge in [-0.05, 0) is 181 Å². The van der Waals surface area contributed by atoms with Crippen LogP contribution in [-0.2, 0) is 47.5 Å². The van der Waals surface area contributed by atoms with Crippen molar-refractivity contribution in [1.29, 1.82) is 0 Å². The number of pyridine rings is 2. The average Bonchev–Trinajstić information content (AvgIpc) is 1.41. The van der Waals surface area contributed by atoms with Crippen LogP contribution < -0.4 is 35.4 Å². The largest absolute Gasteiger partial charge is 0.447 e. The Labute approximate surface area is 567 Å².